The van der Waals surface area contributed by atoms with Crippen LogP contribution in [0.5, 0.6) is 0 Å². The maximum absolute atomic E-state index is 12.4. The number of hydrogen-bond acceptors (Lipinski definition) is 2. The molecule has 0 radical (unpaired) electrons. The van der Waals surface area contributed by atoms with E-state index < -0.39 is 0 Å². The zero-order chi connectivity index (χ0) is 16.2. The van der Waals surface area contributed by atoms with Crippen molar-refractivity contribution >= 4 is 11.7 Å². The van der Waals surface area contributed by atoms with Gasteiger partial charge in [-0.15, -0.1) is 0 Å². The van der Waals surface area contributed by atoms with Crippen molar-refractivity contribution in [1.82, 2.24) is 4.90 Å². The third-order valence-electron chi connectivity index (χ3n) is 5.00. The molecule has 4 heteroatoms. The second-order valence-electron chi connectivity index (χ2n) is 6.71. The molecule has 1 aliphatic rings. The second kappa shape index (κ2) is 7.14. The first-order valence-corrected chi connectivity index (χ1v) is 8.26. The van der Waals surface area contributed by atoms with E-state index in [0.29, 0.717) is 19.0 Å². The highest BCUT2D eigenvalue weighted by Crippen LogP contribution is 2.34. The van der Waals surface area contributed by atoms with E-state index in [-0.39, 0.29) is 18.1 Å². The van der Waals surface area contributed by atoms with E-state index in [1.54, 1.807) is 0 Å². The van der Waals surface area contributed by atoms with E-state index in [1.165, 1.54) is 5.56 Å². The summed E-state index contributed by atoms with van der Waals surface area (Å²) in [5.74, 6) is 0.446. The number of nitrogens with one attached hydrogen (secondary N) is 1. The van der Waals surface area contributed by atoms with Crippen molar-refractivity contribution in [1.29, 1.82) is 0 Å². The lowest BCUT2D eigenvalue weighted by atomic mass is 9.77. The minimum absolute atomic E-state index is 0.00827. The SMILES string of the molecule is CCC1(CO)CCN(C(=O)Nc2cccc(C(C)C)c2)CC1. The Morgan fingerprint density at radius 2 is 2.05 bits per heavy atom. The fourth-order valence-electron chi connectivity index (χ4n) is 2.99. The van der Waals surface area contributed by atoms with Crippen LogP contribution in [0.1, 0.15) is 51.5 Å². The Balaban J connectivity index is 1.95. The summed E-state index contributed by atoms with van der Waals surface area (Å²) < 4.78 is 0. The average Bonchev–Trinajstić information content (AvgIpc) is 2.55. The number of hydrogen-bond donors (Lipinski definition) is 2. The van der Waals surface area contributed by atoms with Crippen molar-refractivity contribution in [3.63, 3.8) is 0 Å². The first kappa shape index (κ1) is 16.8. The molecule has 0 atom stereocenters. The van der Waals surface area contributed by atoms with E-state index in [9.17, 15) is 9.90 Å². The van der Waals surface area contributed by atoms with Crippen LogP contribution in [0.15, 0.2) is 24.3 Å². The highest BCUT2D eigenvalue weighted by atomic mass is 16.3. The molecule has 22 heavy (non-hydrogen) atoms. The molecule has 1 aromatic carbocycles. The minimum atomic E-state index is -0.0384. The number of benzene rings is 1. The number of anilines is 1. The van der Waals surface area contributed by atoms with Crippen molar-refractivity contribution in [2.75, 3.05) is 25.0 Å². The van der Waals surface area contributed by atoms with E-state index >= 15 is 0 Å². The van der Waals surface area contributed by atoms with Gasteiger partial charge < -0.3 is 15.3 Å². The van der Waals surface area contributed by atoms with Crippen molar-refractivity contribution in [3.8, 4) is 0 Å². The molecule has 1 saturated heterocycles. The summed E-state index contributed by atoms with van der Waals surface area (Å²) in [6.45, 7) is 8.04. The predicted octanol–water partition coefficient (Wildman–Crippen LogP) is 3.83. The molecule has 4 nitrogen and oxygen atoms in total. The third-order valence-corrected chi connectivity index (χ3v) is 5.00. The van der Waals surface area contributed by atoms with E-state index in [2.05, 4.69) is 32.2 Å². The number of rotatable bonds is 4. The van der Waals surface area contributed by atoms with Crippen LogP contribution in [0, 0.1) is 5.41 Å². The molecule has 0 saturated carbocycles. The summed E-state index contributed by atoms with van der Waals surface area (Å²) in [4.78, 5) is 14.2. The Labute approximate surface area is 133 Å². The average molecular weight is 304 g/mol. The summed E-state index contributed by atoms with van der Waals surface area (Å²) in [6, 6.07) is 7.99. The molecule has 1 aliphatic heterocycles. The van der Waals surface area contributed by atoms with Gasteiger partial charge in [-0.05, 0) is 48.3 Å². The van der Waals surface area contributed by atoms with Crippen LogP contribution < -0.4 is 5.32 Å². The number of carbonyl (C=O) groups is 1. The number of aliphatic hydroxyl groups is 1. The number of urea groups is 1. The van der Waals surface area contributed by atoms with Crippen LogP contribution in [0.3, 0.4) is 0 Å². The number of amides is 2. The number of likely N-dealkylation sites (tertiary alicyclic amines) is 1. The fourth-order valence-corrected chi connectivity index (χ4v) is 2.99. The van der Waals surface area contributed by atoms with Gasteiger partial charge in [0.25, 0.3) is 0 Å². The number of piperidine rings is 1. The maximum atomic E-state index is 12.4. The van der Waals surface area contributed by atoms with Gasteiger partial charge in [0.1, 0.15) is 0 Å². The van der Waals surface area contributed by atoms with Crippen LogP contribution in [-0.2, 0) is 0 Å². The van der Waals surface area contributed by atoms with Crippen molar-refractivity contribution < 1.29 is 9.90 Å². The zero-order valence-corrected chi connectivity index (χ0v) is 13.9. The quantitative estimate of drug-likeness (QED) is 0.888. The van der Waals surface area contributed by atoms with Crippen molar-refractivity contribution in [2.45, 2.75) is 46.0 Å². The van der Waals surface area contributed by atoms with E-state index in [1.807, 2.05) is 23.1 Å². The molecule has 0 aliphatic carbocycles. The van der Waals surface area contributed by atoms with Gasteiger partial charge in [-0.1, -0.05) is 32.9 Å². The first-order valence-electron chi connectivity index (χ1n) is 8.26. The van der Waals surface area contributed by atoms with Crippen LogP contribution in [0.2, 0.25) is 0 Å². The monoisotopic (exact) mass is 304 g/mol. The molecule has 2 N–H and O–H groups in total. The Morgan fingerprint density at radius 3 is 2.59 bits per heavy atom. The molecule has 1 fully saturated rings. The Morgan fingerprint density at radius 1 is 1.36 bits per heavy atom. The van der Waals surface area contributed by atoms with Gasteiger partial charge in [-0.25, -0.2) is 4.79 Å². The highest BCUT2D eigenvalue weighted by Gasteiger charge is 2.33. The normalized spacial score (nSPS) is 17.6. The minimum Gasteiger partial charge on any atom is -0.396 e. The topological polar surface area (TPSA) is 52.6 Å². The lowest BCUT2D eigenvalue weighted by molar-refractivity contribution is 0.0542. The summed E-state index contributed by atoms with van der Waals surface area (Å²) in [6.07, 6.45) is 2.72. The Bertz CT molecular complexity index is 500. The summed E-state index contributed by atoms with van der Waals surface area (Å²) >= 11 is 0. The summed E-state index contributed by atoms with van der Waals surface area (Å²) in [7, 11) is 0. The number of aliphatic hydroxyl groups excluding tert-OH is 1. The van der Waals surface area contributed by atoms with E-state index in [0.717, 1.165) is 24.9 Å². The lowest BCUT2D eigenvalue weighted by Crippen LogP contribution is -2.46. The van der Waals surface area contributed by atoms with Crippen LogP contribution in [0.25, 0.3) is 0 Å². The maximum Gasteiger partial charge on any atom is 0.321 e. The predicted molar refractivity (Wildman–Crippen MR) is 90.2 cm³/mol. The lowest BCUT2D eigenvalue weighted by Gasteiger charge is -2.40. The molecule has 0 spiro atoms. The third kappa shape index (κ3) is 3.80. The largest absolute Gasteiger partial charge is 0.396 e. The smallest absolute Gasteiger partial charge is 0.321 e. The molecule has 1 heterocycles. The standard InChI is InChI=1S/C18H28N2O2/c1-4-18(13-21)8-10-20(11-9-18)17(22)19-16-7-5-6-15(12-16)14(2)3/h5-7,12,14,21H,4,8-11,13H2,1-3H3,(H,19,22). The molecular formula is C18H28N2O2. The second-order valence-corrected chi connectivity index (χ2v) is 6.71. The summed E-state index contributed by atoms with van der Waals surface area (Å²) in [5.41, 5.74) is 2.08. The number of carbonyl (C=O) groups excluding carboxylic acids is 1. The molecule has 0 bridgehead atoms. The van der Waals surface area contributed by atoms with Gasteiger partial charge in [0.15, 0.2) is 0 Å². The summed E-state index contributed by atoms with van der Waals surface area (Å²) in [5, 5.41) is 12.6. The van der Waals surface area contributed by atoms with Gasteiger partial charge in [0.2, 0.25) is 0 Å². The van der Waals surface area contributed by atoms with Gasteiger partial charge in [-0.3, -0.25) is 0 Å². The fraction of sp³-hybridized carbons (Fsp3) is 0.611. The Kier molecular flexibility index (Phi) is 5.46. The van der Waals surface area contributed by atoms with Crippen LogP contribution >= 0.6 is 0 Å². The van der Waals surface area contributed by atoms with Crippen LogP contribution in [0.4, 0.5) is 10.5 Å². The molecule has 0 aromatic heterocycles. The zero-order valence-electron chi connectivity index (χ0n) is 13.9. The molecular weight excluding hydrogens is 276 g/mol. The number of nitrogens with zero attached hydrogens (tertiary/aromatic N) is 1. The highest BCUT2D eigenvalue weighted by molar-refractivity contribution is 5.89. The first-order chi connectivity index (χ1) is 10.5. The van der Waals surface area contributed by atoms with Crippen molar-refractivity contribution in [3.05, 3.63) is 29.8 Å². The van der Waals surface area contributed by atoms with Gasteiger partial charge in [0.05, 0.1) is 0 Å². The Hall–Kier alpha value is -1.55. The molecule has 122 valence electrons. The molecule has 2 rings (SSSR count). The molecule has 0 unspecified atom stereocenters. The van der Waals surface area contributed by atoms with Crippen molar-refractivity contribution in [2.24, 2.45) is 5.41 Å². The van der Waals surface area contributed by atoms with Crippen LogP contribution in [-0.4, -0.2) is 35.7 Å². The van der Waals surface area contributed by atoms with Gasteiger partial charge in [-0.2, -0.15) is 0 Å². The molecule has 1 aromatic rings. The molecule has 2 amide bonds. The van der Waals surface area contributed by atoms with E-state index in [4.69, 9.17) is 0 Å². The van der Waals surface area contributed by atoms with Gasteiger partial charge >= 0.3 is 6.03 Å². The van der Waals surface area contributed by atoms with Gasteiger partial charge in [0, 0.05) is 25.4 Å².